The third-order valence-electron chi connectivity index (χ3n) is 1.91. The molecule has 2 rings (SSSR count). The summed E-state index contributed by atoms with van der Waals surface area (Å²) in [6, 6.07) is 4.33. The zero-order valence-corrected chi connectivity index (χ0v) is 10.5. The molecule has 3 heteroatoms. The van der Waals surface area contributed by atoms with Gasteiger partial charge < -0.3 is 0 Å². The van der Waals surface area contributed by atoms with Gasteiger partial charge in [0.1, 0.15) is 0 Å². The molecule has 0 aliphatic rings. The second kappa shape index (κ2) is 3.20. The van der Waals surface area contributed by atoms with Gasteiger partial charge in [0.25, 0.3) is 0 Å². The van der Waals surface area contributed by atoms with Crippen molar-refractivity contribution in [2.24, 2.45) is 0 Å². The van der Waals surface area contributed by atoms with E-state index in [4.69, 9.17) is 0 Å². The fraction of sp³-hybridized carbons (Fsp3) is 0.300. The summed E-state index contributed by atoms with van der Waals surface area (Å²) in [6.45, 7) is 4.46. The van der Waals surface area contributed by atoms with Gasteiger partial charge in [0.05, 0.1) is 8.12 Å². The summed E-state index contributed by atoms with van der Waals surface area (Å²) in [5, 5.41) is 1.31. The smallest absolute Gasteiger partial charge is 0.0529 e. The van der Waals surface area contributed by atoms with Crippen LogP contribution < -0.4 is 0 Å². The zero-order valence-electron chi connectivity index (χ0n) is 7.54. The van der Waals surface area contributed by atoms with Crippen LogP contribution in [0.4, 0.5) is 0 Å². The Balaban J connectivity index is 2.63. The van der Waals surface area contributed by atoms with E-state index in [0.717, 1.165) is 0 Å². The summed E-state index contributed by atoms with van der Waals surface area (Å²) in [5.41, 5.74) is 0. The first kappa shape index (κ1) is 9.40. The van der Waals surface area contributed by atoms with Crippen molar-refractivity contribution in [2.45, 2.75) is 17.3 Å². The summed E-state index contributed by atoms with van der Waals surface area (Å²) < 4.78 is 1.50. The Morgan fingerprint density at radius 2 is 2.23 bits per heavy atom. The number of fused-ring (bicyclic) bond motifs is 1. The van der Waals surface area contributed by atoms with Crippen LogP contribution in [0.5, 0.6) is 0 Å². The highest BCUT2D eigenvalue weighted by Crippen LogP contribution is 2.38. The summed E-state index contributed by atoms with van der Waals surface area (Å²) in [4.78, 5) is 5.53. The van der Waals surface area contributed by atoms with Crippen LogP contribution in [0.25, 0.3) is 10.1 Å². The highest BCUT2D eigenvalue weighted by atomic mass is 127. The number of halogens is 1. The van der Waals surface area contributed by atoms with Crippen molar-refractivity contribution in [3.05, 3.63) is 29.4 Å². The van der Waals surface area contributed by atoms with E-state index in [1.165, 1.54) is 15.0 Å². The third-order valence-corrected chi connectivity index (χ3v) is 4.27. The monoisotopic (exact) mass is 303 g/mol. The van der Waals surface area contributed by atoms with E-state index < -0.39 is 0 Å². The molecular weight excluding hydrogens is 293 g/mol. The molecule has 2 aromatic rings. The number of rotatable bonds is 1. The van der Waals surface area contributed by atoms with Gasteiger partial charge in [-0.15, -0.1) is 11.3 Å². The summed E-state index contributed by atoms with van der Waals surface area (Å²) in [6.07, 6.45) is 3.78. The second-order valence-electron chi connectivity index (χ2n) is 3.50. The molecule has 0 saturated heterocycles. The highest BCUT2D eigenvalue weighted by molar-refractivity contribution is 14.1. The molecule has 0 saturated carbocycles. The van der Waals surface area contributed by atoms with Crippen LogP contribution in [0.1, 0.15) is 18.7 Å². The molecule has 0 aliphatic heterocycles. The zero-order chi connectivity index (χ0) is 9.47. The van der Waals surface area contributed by atoms with Crippen LogP contribution in [-0.2, 0) is 3.42 Å². The van der Waals surface area contributed by atoms with Crippen molar-refractivity contribution in [3.8, 4) is 0 Å². The lowest BCUT2D eigenvalue weighted by Crippen LogP contribution is -2.02. The Morgan fingerprint density at radius 1 is 1.46 bits per heavy atom. The van der Waals surface area contributed by atoms with E-state index in [1.54, 1.807) is 0 Å². The second-order valence-corrected chi connectivity index (χ2v) is 7.28. The van der Waals surface area contributed by atoms with Gasteiger partial charge in [-0.25, -0.2) is 0 Å². The normalized spacial score (nSPS) is 12.2. The van der Waals surface area contributed by atoms with Crippen LogP contribution in [-0.4, -0.2) is 4.98 Å². The van der Waals surface area contributed by atoms with Gasteiger partial charge in [-0.3, -0.25) is 4.98 Å². The first-order valence-electron chi connectivity index (χ1n) is 4.10. The van der Waals surface area contributed by atoms with Crippen molar-refractivity contribution in [1.82, 2.24) is 4.98 Å². The topological polar surface area (TPSA) is 12.9 Å². The molecule has 0 amide bonds. The van der Waals surface area contributed by atoms with Crippen LogP contribution >= 0.6 is 33.9 Å². The average molecular weight is 303 g/mol. The van der Waals surface area contributed by atoms with E-state index in [1.807, 2.05) is 23.7 Å². The number of alkyl halides is 1. The molecule has 0 atom stereocenters. The van der Waals surface area contributed by atoms with Gasteiger partial charge in [-0.1, -0.05) is 22.6 Å². The Bertz CT molecular complexity index is 395. The molecule has 0 N–H and O–H groups in total. The van der Waals surface area contributed by atoms with Crippen LogP contribution in [0.3, 0.4) is 0 Å². The van der Waals surface area contributed by atoms with Crippen molar-refractivity contribution < 1.29 is 0 Å². The van der Waals surface area contributed by atoms with Gasteiger partial charge in [0.2, 0.25) is 0 Å². The number of hydrogen-bond donors (Lipinski definition) is 0. The summed E-state index contributed by atoms with van der Waals surface area (Å²) >= 11 is 4.30. The summed E-state index contributed by atoms with van der Waals surface area (Å²) in [5.74, 6) is 0. The van der Waals surface area contributed by atoms with Crippen molar-refractivity contribution >= 4 is 44.0 Å². The molecular formula is C10H10INS. The van der Waals surface area contributed by atoms with Crippen molar-refractivity contribution in [1.29, 1.82) is 0 Å². The van der Waals surface area contributed by atoms with E-state index in [-0.39, 0.29) is 3.42 Å². The number of nitrogens with zero attached hydrogens (tertiary/aromatic N) is 1. The quantitative estimate of drug-likeness (QED) is 0.574. The van der Waals surface area contributed by atoms with Gasteiger partial charge in [0, 0.05) is 17.3 Å². The largest absolute Gasteiger partial charge is 0.263 e. The van der Waals surface area contributed by atoms with Gasteiger partial charge in [-0.05, 0) is 31.4 Å². The minimum absolute atomic E-state index is 0.224. The lowest BCUT2D eigenvalue weighted by atomic mass is 10.1. The maximum atomic E-state index is 4.12. The molecule has 1 nitrogen and oxygen atoms in total. The van der Waals surface area contributed by atoms with Crippen molar-refractivity contribution in [3.63, 3.8) is 0 Å². The molecule has 0 bridgehead atoms. The van der Waals surface area contributed by atoms with Crippen LogP contribution in [0.2, 0.25) is 0 Å². The maximum Gasteiger partial charge on any atom is 0.0529 e. The third kappa shape index (κ3) is 1.86. The Hall–Kier alpha value is -0.160. The fourth-order valence-electron chi connectivity index (χ4n) is 1.18. The van der Waals surface area contributed by atoms with E-state index in [9.17, 15) is 0 Å². The first-order valence-corrected chi connectivity index (χ1v) is 6.00. The number of pyridine rings is 1. The molecule has 0 radical (unpaired) electrons. The minimum Gasteiger partial charge on any atom is -0.263 e. The van der Waals surface area contributed by atoms with E-state index in [2.05, 4.69) is 53.6 Å². The predicted molar refractivity (Wildman–Crippen MR) is 66.7 cm³/mol. The van der Waals surface area contributed by atoms with Gasteiger partial charge in [0.15, 0.2) is 0 Å². The van der Waals surface area contributed by atoms with Gasteiger partial charge >= 0.3 is 0 Å². The molecule has 13 heavy (non-hydrogen) atoms. The fourth-order valence-corrected chi connectivity index (χ4v) is 2.69. The standard InChI is InChI=1S/C10H10INS/c1-10(2,11)9-5-7-3-4-12-6-8(7)13-9/h3-6H,1-2H3. The Kier molecular flexibility index (Phi) is 2.32. The minimum atomic E-state index is 0.224. The Morgan fingerprint density at radius 3 is 2.85 bits per heavy atom. The molecule has 2 aromatic heterocycles. The van der Waals surface area contributed by atoms with E-state index >= 15 is 0 Å². The molecule has 0 fully saturated rings. The predicted octanol–water partition coefficient (Wildman–Crippen LogP) is 3.97. The molecule has 0 aromatic carbocycles. The lowest BCUT2D eigenvalue weighted by molar-refractivity contribution is 0.849. The lowest BCUT2D eigenvalue weighted by Gasteiger charge is -2.12. The molecule has 0 unspecified atom stereocenters. The molecule has 68 valence electrons. The molecule has 2 heterocycles. The highest BCUT2D eigenvalue weighted by Gasteiger charge is 2.18. The van der Waals surface area contributed by atoms with Crippen molar-refractivity contribution in [2.75, 3.05) is 0 Å². The first-order chi connectivity index (χ1) is 6.07. The maximum absolute atomic E-state index is 4.12. The molecule has 0 aliphatic carbocycles. The number of hydrogen-bond acceptors (Lipinski definition) is 2. The van der Waals surface area contributed by atoms with Gasteiger partial charge in [-0.2, -0.15) is 0 Å². The van der Waals surface area contributed by atoms with Crippen LogP contribution in [0.15, 0.2) is 24.5 Å². The Labute approximate surface area is 95.3 Å². The SMILES string of the molecule is CC(C)(I)c1cc2ccncc2s1. The number of thiophene rings is 1. The average Bonchev–Trinajstić information content (AvgIpc) is 2.45. The van der Waals surface area contributed by atoms with E-state index in [0.29, 0.717) is 0 Å². The van der Waals surface area contributed by atoms with Crippen LogP contribution in [0, 0.1) is 0 Å². The molecule has 0 spiro atoms. The summed E-state index contributed by atoms with van der Waals surface area (Å²) in [7, 11) is 0. The number of aromatic nitrogens is 1.